The first-order valence-corrected chi connectivity index (χ1v) is 6.06. The fraction of sp³-hybridized carbons (Fsp3) is 0.167. The molecule has 10 heteroatoms. The molecule has 0 spiro atoms. The fourth-order valence-corrected chi connectivity index (χ4v) is 1.86. The summed E-state index contributed by atoms with van der Waals surface area (Å²) in [4.78, 5) is 11.9. The summed E-state index contributed by atoms with van der Waals surface area (Å²) in [6, 6.07) is 0. The second-order valence-electron chi connectivity index (χ2n) is 4.27. The molecule has 118 valence electrons. The van der Waals surface area contributed by atoms with E-state index in [1.807, 2.05) is 0 Å². The summed E-state index contributed by atoms with van der Waals surface area (Å²) >= 11 is 5.80. The van der Waals surface area contributed by atoms with E-state index in [9.17, 15) is 26.7 Å². The normalized spacial score (nSPS) is 10.9. The quantitative estimate of drug-likeness (QED) is 0.518. The van der Waals surface area contributed by atoms with Gasteiger partial charge in [0.25, 0.3) is 5.91 Å². The molecule has 0 bridgehead atoms. The van der Waals surface area contributed by atoms with Gasteiger partial charge >= 0.3 is 0 Å². The Bertz CT molecular complexity index is 761. The first kappa shape index (κ1) is 16.2. The highest BCUT2D eigenvalue weighted by molar-refractivity contribution is 6.34. The molecular weight excluding hydrogens is 333 g/mol. The van der Waals surface area contributed by atoms with Gasteiger partial charge in [0.2, 0.25) is 5.82 Å². The van der Waals surface area contributed by atoms with Crippen LogP contribution < -0.4 is 5.32 Å². The molecule has 2 rings (SSSR count). The van der Waals surface area contributed by atoms with Crippen LogP contribution in [0.1, 0.15) is 16.2 Å². The summed E-state index contributed by atoms with van der Waals surface area (Å²) in [5, 5.41) is 5.18. The van der Waals surface area contributed by atoms with Crippen molar-refractivity contribution >= 4 is 23.2 Å². The lowest BCUT2D eigenvalue weighted by Gasteiger charge is -2.09. The predicted octanol–water partition coefficient (Wildman–Crippen LogP) is 3.33. The third-order valence-electron chi connectivity index (χ3n) is 2.92. The monoisotopic (exact) mass is 339 g/mol. The molecule has 2 aromatic rings. The van der Waals surface area contributed by atoms with Crippen molar-refractivity contribution in [2.45, 2.75) is 6.92 Å². The summed E-state index contributed by atoms with van der Waals surface area (Å²) in [5.41, 5.74) is -1.50. The van der Waals surface area contributed by atoms with Crippen LogP contribution in [0.15, 0.2) is 0 Å². The summed E-state index contributed by atoms with van der Waals surface area (Å²) in [5.74, 6) is -12.2. The molecule has 0 unspecified atom stereocenters. The Hall–Kier alpha value is -2.16. The summed E-state index contributed by atoms with van der Waals surface area (Å²) in [7, 11) is 1.45. The van der Waals surface area contributed by atoms with Crippen LogP contribution in [0.25, 0.3) is 0 Å². The minimum atomic E-state index is -2.32. The zero-order chi connectivity index (χ0) is 16.8. The Labute approximate surface area is 125 Å². The van der Waals surface area contributed by atoms with Crippen molar-refractivity contribution < 1.29 is 26.7 Å². The molecule has 0 radical (unpaired) electrons. The van der Waals surface area contributed by atoms with Crippen LogP contribution in [0.2, 0.25) is 5.02 Å². The molecule has 0 aliphatic heterocycles. The maximum absolute atomic E-state index is 13.5. The molecule has 0 atom stereocenters. The topological polar surface area (TPSA) is 46.9 Å². The van der Waals surface area contributed by atoms with Gasteiger partial charge in [0.05, 0.1) is 10.7 Å². The third-order valence-corrected chi connectivity index (χ3v) is 3.38. The Balaban J connectivity index is 2.47. The van der Waals surface area contributed by atoms with E-state index in [2.05, 4.69) is 5.10 Å². The number of benzene rings is 1. The zero-order valence-corrected chi connectivity index (χ0v) is 11.8. The average Bonchev–Trinajstić information content (AvgIpc) is 2.75. The van der Waals surface area contributed by atoms with E-state index in [1.54, 1.807) is 5.32 Å². The maximum Gasteiger partial charge on any atom is 0.277 e. The molecule has 0 saturated carbocycles. The Kier molecular flexibility index (Phi) is 4.10. The van der Waals surface area contributed by atoms with Gasteiger partial charge in [0.15, 0.2) is 29.0 Å². The highest BCUT2D eigenvalue weighted by Crippen LogP contribution is 2.28. The van der Waals surface area contributed by atoms with Crippen LogP contribution in [0.4, 0.5) is 27.6 Å². The van der Waals surface area contributed by atoms with Gasteiger partial charge in [0, 0.05) is 7.05 Å². The third kappa shape index (κ3) is 2.41. The van der Waals surface area contributed by atoms with E-state index in [0.29, 0.717) is 5.69 Å². The number of hydrogen-bond donors (Lipinski definition) is 1. The number of halogens is 6. The second-order valence-corrected chi connectivity index (χ2v) is 4.65. The standard InChI is InChI=1S/C12H7ClF5N3O/c1-3-4(13)10(20-21(3)2)12(22)19-11-8(17)6(15)5(14)7(16)9(11)18/h1-2H3,(H,19,22). The van der Waals surface area contributed by atoms with Crippen molar-refractivity contribution in [3.8, 4) is 0 Å². The van der Waals surface area contributed by atoms with E-state index in [0.717, 1.165) is 0 Å². The molecule has 1 aromatic carbocycles. The SMILES string of the molecule is Cc1c(Cl)c(C(=O)Nc2c(F)c(F)c(F)c(F)c2F)nn1C. The number of rotatable bonds is 2. The number of nitrogens with zero attached hydrogens (tertiary/aromatic N) is 2. The molecule has 0 aliphatic carbocycles. The fourth-order valence-electron chi connectivity index (χ4n) is 1.61. The van der Waals surface area contributed by atoms with Gasteiger partial charge in [-0.15, -0.1) is 0 Å². The van der Waals surface area contributed by atoms with Crippen LogP contribution in [0.3, 0.4) is 0 Å². The number of anilines is 1. The van der Waals surface area contributed by atoms with Gasteiger partial charge in [0.1, 0.15) is 5.69 Å². The molecule has 4 nitrogen and oxygen atoms in total. The van der Waals surface area contributed by atoms with Gasteiger partial charge in [-0.1, -0.05) is 11.6 Å². The number of aryl methyl sites for hydroxylation is 1. The van der Waals surface area contributed by atoms with E-state index >= 15 is 0 Å². The van der Waals surface area contributed by atoms with Gasteiger partial charge < -0.3 is 5.32 Å². The van der Waals surface area contributed by atoms with Gasteiger partial charge in [-0.05, 0) is 6.92 Å². The molecule has 1 N–H and O–H groups in total. The number of amides is 1. The van der Waals surface area contributed by atoms with E-state index in [-0.39, 0.29) is 5.02 Å². The van der Waals surface area contributed by atoms with Crippen molar-refractivity contribution in [3.05, 3.63) is 45.5 Å². The lowest BCUT2D eigenvalue weighted by Crippen LogP contribution is -2.18. The average molecular weight is 340 g/mol. The minimum absolute atomic E-state index is 0.108. The lowest BCUT2D eigenvalue weighted by atomic mass is 10.2. The molecule has 0 saturated heterocycles. The van der Waals surface area contributed by atoms with Gasteiger partial charge in [-0.25, -0.2) is 22.0 Å². The summed E-state index contributed by atoms with van der Waals surface area (Å²) in [6.07, 6.45) is 0. The molecular formula is C12H7ClF5N3O. The van der Waals surface area contributed by atoms with E-state index in [1.165, 1.54) is 18.7 Å². The maximum atomic E-state index is 13.5. The summed E-state index contributed by atoms with van der Waals surface area (Å²) < 4.78 is 67.1. The number of nitrogens with one attached hydrogen (secondary N) is 1. The molecule has 1 amide bonds. The Morgan fingerprint density at radius 3 is 1.91 bits per heavy atom. The molecule has 1 heterocycles. The predicted molar refractivity (Wildman–Crippen MR) is 67.1 cm³/mol. The largest absolute Gasteiger partial charge is 0.315 e. The van der Waals surface area contributed by atoms with Crippen molar-refractivity contribution in [3.63, 3.8) is 0 Å². The van der Waals surface area contributed by atoms with Crippen molar-refractivity contribution in [2.24, 2.45) is 7.05 Å². The number of hydrogen-bond acceptors (Lipinski definition) is 2. The van der Waals surface area contributed by atoms with Crippen LogP contribution in [-0.4, -0.2) is 15.7 Å². The van der Waals surface area contributed by atoms with Crippen LogP contribution >= 0.6 is 11.6 Å². The van der Waals surface area contributed by atoms with E-state index in [4.69, 9.17) is 11.6 Å². The van der Waals surface area contributed by atoms with Crippen molar-refractivity contribution in [1.29, 1.82) is 0 Å². The van der Waals surface area contributed by atoms with Crippen LogP contribution in [0, 0.1) is 36.0 Å². The number of carbonyl (C=O) groups is 1. The first-order valence-electron chi connectivity index (χ1n) is 5.68. The van der Waals surface area contributed by atoms with Crippen molar-refractivity contribution in [1.82, 2.24) is 9.78 Å². The summed E-state index contributed by atoms with van der Waals surface area (Å²) in [6.45, 7) is 1.52. The van der Waals surface area contributed by atoms with Gasteiger partial charge in [-0.2, -0.15) is 5.10 Å². The zero-order valence-electron chi connectivity index (χ0n) is 11.1. The number of aromatic nitrogens is 2. The highest BCUT2D eigenvalue weighted by atomic mass is 35.5. The lowest BCUT2D eigenvalue weighted by molar-refractivity contribution is 0.102. The van der Waals surface area contributed by atoms with Crippen molar-refractivity contribution in [2.75, 3.05) is 5.32 Å². The smallest absolute Gasteiger partial charge is 0.277 e. The molecule has 1 aromatic heterocycles. The Morgan fingerprint density at radius 2 is 1.50 bits per heavy atom. The highest BCUT2D eigenvalue weighted by Gasteiger charge is 2.28. The minimum Gasteiger partial charge on any atom is -0.315 e. The van der Waals surface area contributed by atoms with Crippen LogP contribution in [-0.2, 0) is 7.05 Å². The van der Waals surface area contributed by atoms with E-state index < -0.39 is 46.4 Å². The molecule has 22 heavy (non-hydrogen) atoms. The Morgan fingerprint density at radius 1 is 1.05 bits per heavy atom. The number of carbonyl (C=O) groups excluding carboxylic acids is 1. The molecule has 0 fully saturated rings. The van der Waals surface area contributed by atoms with Gasteiger partial charge in [-0.3, -0.25) is 9.48 Å². The molecule has 0 aliphatic rings. The second kappa shape index (κ2) is 5.56. The first-order chi connectivity index (χ1) is 10.2. The van der Waals surface area contributed by atoms with Crippen LogP contribution in [0.5, 0.6) is 0 Å².